The second-order valence-electron chi connectivity index (χ2n) is 2.64. The van der Waals surface area contributed by atoms with Gasteiger partial charge < -0.3 is 15.4 Å². The molecule has 1 unspecified atom stereocenters. The predicted octanol–water partition coefficient (Wildman–Crippen LogP) is -1.41. The average molecular weight is 164 g/mol. The second kappa shape index (κ2) is 2.41. The van der Waals surface area contributed by atoms with Crippen LogP contribution in [0, 0.1) is 0 Å². The number of H-pyrrole nitrogens is 1. The van der Waals surface area contributed by atoms with Gasteiger partial charge in [0.15, 0.2) is 0 Å². The van der Waals surface area contributed by atoms with E-state index in [2.05, 4.69) is 10.3 Å². The highest BCUT2D eigenvalue weighted by atomic mass is 16.4. The van der Waals surface area contributed by atoms with Gasteiger partial charge in [0.1, 0.15) is 6.04 Å². The van der Waals surface area contributed by atoms with Crippen LogP contribution in [0.5, 0.6) is 0 Å². The van der Waals surface area contributed by atoms with Crippen molar-refractivity contribution in [2.24, 2.45) is 0 Å². The van der Waals surface area contributed by atoms with Crippen molar-refractivity contribution in [3.05, 3.63) is 22.8 Å². The van der Waals surface area contributed by atoms with Crippen LogP contribution in [0.2, 0.25) is 0 Å². The molecule has 4 nitrogen and oxygen atoms in total. The van der Waals surface area contributed by atoms with Crippen LogP contribution < -0.4 is 15.9 Å². The molecular weight excluding hydrogens is 156 g/mol. The molecular formula is C8H8N2O2. The number of carboxylic acid groups (broad SMARTS) is 1. The van der Waals surface area contributed by atoms with Gasteiger partial charge in [0.2, 0.25) is 0 Å². The van der Waals surface area contributed by atoms with Crippen LogP contribution in [0.4, 0.5) is 0 Å². The molecule has 0 aliphatic carbocycles. The summed E-state index contributed by atoms with van der Waals surface area (Å²) in [6, 6.07) is 1.25. The molecule has 12 heavy (non-hydrogen) atoms. The zero-order chi connectivity index (χ0) is 8.55. The summed E-state index contributed by atoms with van der Waals surface area (Å²) < 4.78 is 0. The van der Waals surface area contributed by atoms with Crippen LogP contribution in [-0.4, -0.2) is 22.1 Å². The van der Waals surface area contributed by atoms with E-state index in [1.165, 1.54) is 0 Å². The number of aromatic amines is 1. The molecule has 2 heterocycles. The Kier molecular flexibility index (Phi) is 1.40. The Balaban J connectivity index is 2.52. The summed E-state index contributed by atoms with van der Waals surface area (Å²) >= 11 is 0. The van der Waals surface area contributed by atoms with E-state index >= 15 is 0 Å². The van der Waals surface area contributed by atoms with Crippen molar-refractivity contribution in [2.45, 2.75) is 6.04 Å². The van der Waals surface area contributed by atoms with Gasteiger partial charge in [0, 0.05) is 12.4 Å². The molecule has 0 saturated carbocycles. The minimum Gasteiger partial charge on any atom is -0.479 e. The molecule has 1 aromatic heterocycles. The Labute approximate surface area is 68.2 Å². The van der Waals surface area contributed by atoms with Crippen molar-refractivity contribution in [1.82, 2.24) is 10.3 Å². The topological polar surface area (TPSA) is 65.1 Å². The Morgan fingerprint density at radius 3 is 3.17 bits per heavy atom. The number of hydrogen-bond acceptors (Lipinski definition) is 2. The van der Waals surface area contributed by atoms with Crippen molar-refractivity contribution < 1.29 is 9.90 Å². The van der Waals surface area contributed by atoms with Crippen molar-refractivity contribution in [1.29, 1.82) is 0 Å². The maximum atomic E-state index is 10.6. The van der Waals surface area contributed by atoms with Gasteiger partial charge in [0.05, 0.1) is 5.35 Å². The molecule has 1 atom stereocenters. The minimum absolute atomic E-state index is 0.603. The molecule has 3 N–H and O–H groups in total. The van der Waals surface area contributed by atoms with Crippen molar-refractivity contribution in [3.8, 4) is 0 Å². The molecule has 1 aliphatic heterocycles. The number of carbonyl (C=O) groups is 1. The van der Waals surface area contributed by atoms with Crippen LogP contribution in [0.25, 0.3) is 12.3 Å². The summed E-state index contributed by atoms with van der Waals surface area (Å²) in [7, 11) is 0. The Hall–Kier alpha value is -1.71. The van der Waals surface area contributed by atoms with Crippen LogP contribution in [0.3, 0.4) is 0 Å². The molecule has 4 heteroatoms. The quantitative estimate of drug-likeness (QED) is 0.478. The van der Waals surface area contributed by atoms with E-state index in [4.69, 9.17) is 5.11 Å². The fraction of sp³-hybridized carbons (Fsp3) is 0.125. The standard InChI is InChI=1S/C8H8N2O2/c11-8(12)6-3-5-1-2-9-7(5)4-10-6/h1-4,6,9-10H,(H,11,12). The lowest BCUT2D eigenvalue weighted by molar-refractivity contribution is -0.137. The van der Waals surface area contributed by atoms with Gasteiger partial charge in [0.25, 0.3) is 0 Å². The van der Waals surface area contributed by atoms with Crippen LogP contribution in [0.1, 0.15) is 0 Å². The van der Waals surface area contributed by atoms with E-state index < -0.39 is 12.0 Å². The largest absolute Gasteiger partial charge is 0.479 e. The highest BCUT2D eigenvalue weighted by Crippen LogP contribution is 1.88. The van der Waals surface area contributed by atoms with Gasteiger partial charge >= 0.3 is 5.97 Å². The molecule has 0 amide bonds. The smallest absolute Gasteiger partial charge is 0.330 e. The minimum atomic E-state index is -0.863. The van der Waals surface area contributed by atoms with Gasteiger partial charge in [-0.2, -0.15) is 0 Å². The molecule has 0 saturated heterocycles. The normalized spacial score (nSPS) is 19.8. The number of carboxylic acids is 1. The van der Waals surface area contributed by atoms with Crippen LogP contribution >= 0.6 is 0 Å². The SMILES string of the molecule is O=C(O)C1C=c2cc[nH]c2=CN1. The molecule has 0 fully saturated rings. The molecule has 0 radical (unpaired) electrons. The molecule has 0 spiro atoms. The zero-order valence-electron chi connectivity index (χ0n) is 6.24. The maximum Gasteiger partial charge on any atom is 0.330 e. The van der Waals surface area contributed by atoms with Gasteiger partial charge in [-0.1, -0.05) is 0 Å². The van der Waals surface area contributed by atoms with E-state index in [0.29, 0.717) is 0 Å². The van der Waals surface area contributed by atoms with Gasteiger partial charge in [-0.3, -0.25) is 0 Å². The van der Waals surface area contributed by atoms with Gasteiger partial charge in [-0.05, 0) is 17.4 Å². The summed E-state index contributed by atoms with van der Waals surface area (Å²) in [5, 5.41) is 13.3. The van der Waals surface area contributed by atoms with E-state index in [9.17, 15) is 4.79 Å². The summed E-state index contributed by atoms with van der Waals surface area (Å²) in [5.41, 5.74) is 0. The third-order valence-corrected chi connectivity index (χ3v) is 1.83. The highest BCUT2D eigenvalue weighted by molar-refractivity contribution is 5.82. The lowest BCUT2D eigenvalue weighted by atomic mass is 10.2. The molecule has 62 valence electrons. The number of aliphatic carboxylic acids is 1. The van der Waals surface area contributed by atoms with E-state index in [0.717, 1.165) is 10.6 Å². The summed E-state index contributed by atoms with van der Waals surface area (Å²) in [5.74, 6) is -0.863. The number of aromatic nitrogens is 1. The number of fused-ring (bicyclic) bond motifs is 1. The zero-order valence-corrected chi connectivity index (χ0v) is 6.24. The lowest BCUT2D eigenvalue weighted by Gasteiger charge is -2.09. The molecule has 0 aromatic carbocycles. The molecule has 1 aromatic rings. The first-order chi connectivity index (χ1) is 5.77. The van der Waals surface area contributed by atoms with E-state index in [1.54, 1.807) is 18.5 Å². The number of nitrogens with one attached hydrogen (secondary N) is 2. The lowest BCUT2D eigenvalue weighted by Crippen LogP contribution is -2.41. The summed E-state index contributed by atoms with van der Waals surface area (Å²) in [4.78, 5) is 13.5. The monoisotopic (exact) mass is 164 g/mol. The van der Waals surface area contributed by atoms with E-state index in [-0.39, 0.29) is 0 Å². The Morgan fingerprint density at radius 1 is 1.58 bits per heavy atom. The van der Waals surface area contributed by atoms with E-state index in [1.807, 2.05) is 6.07 Å². The van der Waals surface area contributed by atoms with Gasteiger partial charge in [-0.15, -0.1) is 0 Å². The molecule has 0 bridgehead atoms. The van der Waals surface area contributed by atoms with Crippen LogP contribution in [-0.2, 0) is 4.79 Å². The summed E-state index contributed by atoms with van der Waals surface area (Å²) in [6.45, 7) is 0. The van der Waals surface area contributed by atoms with Crippen molar-refractivity contribution in [3.63, 3.8) is 0 Å². The molecule has 1 aliphatic rings. The summed E-state index contributed by atoms with van der Waals surface area (Å²) in [6.07, 6.45) is 5.13. The first-order valence-electron chi connectivity index (χ1n) is 3.62. The number of rotatable bonds is 1. The molecule has 2 rings (SSSR count). The Bertz CT molecular complexity index is 419. The third kappa shape index (κ3) is 0.972. The first-order valence-corrected chi connectivity index (χ1v) is 3.62. The Morgan fingerprint density at radius 2 is 2.42 bits per heavy atom. The first kappa shape index (κ1) is 6.97. The highest BCUT2D eigenvalue weighted by Gasteiger charge is 2.13. The fourth-order valence-corrected chi connectivity index (χ4v) is 1.21. The van der Waals surface area contributed by atoms with Crippen molar-refractivity contribution >= 4 is 18.2 Å². The maximum absolute atomic E-state index is 10.6. The predicted molar refractivity (Wildman–Crippen MR) is 43.5 cm³/mol. The van der Waals surface area contributed by atoms with Crippen LogP contribution in [0.15, 0.2) is 12.3 Å². The fourth-order valence-electron chi connectivity index (χ4n) is 1.21. The third-order valence-electron chi connectivity index (χ3n) is 1.83. The van der Waals surface area contributed by atoms with Crippen molar-refractivity contribution in [2.75, 3.05) is 0 Å². The average Bonchev–Trinajstić information content (AvgIpc) is 2.49. The number of hydrogen-bond donors (Lipinski definition) is 3. The van der Waals surface area contributed by atoms with Gasteiger partial charge in [-0.25, -0.2) is 4.79 Å². The second-order valence-corrected chi connectivity index (χ2v) is 2.64.